The third-order valence-corrected chi connectivity index (χ3v) is 4.25. The first-order valence-corrected chi connectivity index (χ1v) is 9.54. The highest BCUT2D eigenvalue weighted by Gasteiger charge is 2.17. The number of anilines is 1. The predicted molar refractivity (Wildman–Crippen MR) is 112 cm³/mol. The van der Waals surface area contributed by atoms with Crippen molar-refractivity contribution in [2.75, 3.05) is 11.9 Å². The highest BCUT2D eigenvalue weighted by atomic mass is 16.5. The van der Waals surface area contributed by atoms with Crippen molar-refractivity contribution in [3.63, 3.8) is 0 Å². The fourth-order valence-corrected chi connectivity index (χ4v) is 2.48. The van der Waals surface area contributed by atoms with Crippen molar-refractivity contribution in [3.8, 4) is 0 Å². The average molecular weight is 411 g/mol. The lowest BCUT2D eigenvalue weighted by molar-refractivity contribution is -0.123. The number of rotatable bonds is 7. The second-order valence-corrected chi connectivity index (χ2v) is 6.78. The van der Waals surface area contributed by atoms with Crippen molar-refractivity contribution in [1.29, 1.82) is 0 Å². The smallest absolute Gasteiger partial charge is 0.340 e. The van der Waals surface area contributed by atoms with E-state index in [-0.39, 0.29) is 23.2 Å². The van der Waals surface area contributed by atoms with E-state index in [1.807, 2.05) is 19.9 Å². The molecule has 2 rings (SSSR count). The van der Waals surface area contributed by atoms with Gasteiger partial charge in [0.25, 0.3) is 11.8 Å². The van der Waals surface area contributed by atoms with Crippen LogP contribution >= 0.6 is 0 Å². The van der Waals surface area contributed by atoms with Gasteiger partial charge >= 0.3 is 12.0 Å². The second-order valence-electron chi connectivity index (χ2n) is 6.78. The summed E-state index contributed by atoms with van der Waals surface area (Å²) in [6, 6.07) is 12.6. The Morgan fingerprint density at radius 3 is 2.47 bits per heavy atom. The maximum absolute atomic E-state index is 12.5. The summed E-state index contributed by atoms with van der Waals surface area (Å²) in [5, 5.41) is 7.34. The average Bonchev–Trinajstić information content (AvgIpc) is 2.72. The number of nitrogens with one attached hydrogen (secondary N) is 3. The Morgan fingerprint density at radius 2 is 1.77 bits per heavy atom. The maximum atomic E-state index is 12.5. The molecule has 3 N–H and O–H groups in total. The minimum Gasteiger partial charge on any atom is -0.452 e. The summed E-state index contributed by atoms with van der Waals surface area (Å²) in [5.74, 6) is -1.93. The van der Waals surface area contributed by atoms with Crippen LogP contribution in [-0.2, 0) is 9.53 Å². The van der Waals surface area contributed by atoms with Crippen molar-refractivity contribution in [3.05, 3.63) is 65.2 Å². The molecule has 0 heterocycles. The lowest BCUT2D eigenvalue weighted by Crippen LogP contribution is -2.44. The number of benzene rings is 2. The standard InChI is InChI=1S/C22H25N3O5/c1-4-15(3)23-22(29)25-19(26)13-30-21(28)17-10-5-6-11-18(17)24-20(27)16-9-7-8-14(2)12-16/h5-12,15H,4,13H2,1-3H3,(H,24,27)(H2,23,25,26,29)/t15-/m1/s1. The van der Waals surface area contributed by atoms with Crippen molar-refractivity contribution >= 4 is 29.5 Å². The molecule has 8 nitrogen and oxygen atoms in total. The number of ether oxygens (including phenoxy) is 1. The Kier molecular flexibility index (Phi) is 8.10. The maximum Gasteiger partial charge on any atom is 0.340 e. The van der Waals surface area contributed by atoms with Gasteiger partial charge in [0, 0.05) is 11.6 Å². The van der Waals surface area contributed by atoms with E-state index in [2.05, 4.69) is 16.0 Å². The number of esters is 1. The minimum atomic E-state index is -0.798. The molecule has 30 heavy (non-hydrogen) atoms. The summed E-state index contributed by atoms with van der Waals surface area (Å²) < 4.78 is 4.99. The highest BCUT2D eigenvalue weighted by Crippen LogP contribution is 2.18. The van der Waals surface area contributed by atoms with Gasteiger partial charge in [-0.05, 0) is 44.5 Å². The monoisotopic (exact) mass is 411 g/mol. The van der Waals surface area contributed by atoms with Gasteiger partial charge in [-0.3, -0.25) is 14.9 Å². The Balaban J connectivity index is 1.97. The van der Waals surface area contributed by atoms with Gasteiger partial charge in [0.2, 0.25) is 0 Å². The molecule has 0 bridgehead atoms. The predicted octanol–water partition coefficient (Wildman–Crippen LogP) is 3.03. The molecule has 2 aromatic rings. The zero-order valence-corrected chi connectivity index (χ0v) is 17.2. The molecule has 158 valence electrons. The minimum absolute atomic E-state index is 0.0929. The number of imide groups is 1. The molecule has 0 saturated heterocycles. The van der Waals surface area contributed by atoms with Gasteiger partial charge in [-0.25, -0.2) is 9.59 Å². The highest BCUT2D eigenvalue weighted by molar-refractivity contribution is 6.08. The third kappa shape index (κ3) is 6.73. The van der Waals surface area contributed by atoms with E-state index in [1.54, 1.807) is 43.3 Å². The fourth-order valence-electron chi connectivity index (χ4n) is 2.48. The van der Waals surface area contributed by atoms with E-state index in [0.717, 1.165) is 5.56 Å². The van der Waals surface area contributed by atoms with Gasteiger partial charge in [-0.15, -0.1) is 0 Å². The molecule has 2 aromatic carbocycles. The lowest BCUT2D eigenvalue weighted by Gasteiger charge is -2.13. The zero-order valence-electron chi connectivity index (χ0n) is 17.2. The molecule has 0 unspecified atom stereocenters. The van der Waals surface area contributed by atoms with Crippen LogP contribution in [0.1, 0.15) is 46.5 Å². The number of carbonyl (C=O) groups is 4. The Hall–Kier alpha value is -3.68. The van der Waals surface area contributed by atoms with Crippen LogP contribution < -0.4 is 16.0 Å². The fraction of sp³-hybridized carbons (Fsp3) is 0.273. The normalized spacial score (nSPS) is 11.2. The van der Waals surface area contributed by atoms with Gasteiger partial charge < -0.3 is 15.4 Å². The van der Waals surface area contributed by atoms with Crippen LogP contribution in [0.25, 0.3) is 0 Å². The number of amides is 4. The number of urea groups is 1. The van der Waals surface area contributed by atoms with Gasteiger partial charge in [-0.1, -0.05) is 36.8 Å². The molecular formula is C22H25N3O5. The van der Waals surface area contributed by atoms with Gasteiger partial charge in [-0.2, -0.15) is 0 Å². The first-order chi connectivity index (χ1) is 14.3. The van der Waals surface area contributed by atoms with Crippen LogP contribution in [-0.4, -0.2) is 36.5 Å². The number of aryl methyl sites for hydroxylation is 1. The molecule has 1 atom stereocenters. The molecule has 0 aliphatic carbocycles. The molecule has 0 aliphatic heterocycles. The van der Waals surface area contributed by atoms with E-state index in [1.165, 1.54) is 6.07 Å². The van der Waals surface area contributed by atoms with Crippen LogP contribution in [0.3, 0.4) is 0 Å². The summed E-state index contributed by atoms with van der Waals surface area (Å²) >= 11 is 0. The second kappa shape index (κ2) is 10.8. The van der Waals surface area contributed by atoms with Gasteiger partial charge in [0.1, 0.15) is 0 Å². The number of para-hydroxylation sites is 1. The van der Waals surface area contributed by atoms with E-state index in [9.17, 15) is 19.2 Å². The molecule has 0 saturated carbocycles. The number of hydrogen-bond donors (Lipinski definition) is 3. The summed E-state index contributed by atoms with van der Waals surface area (Å²) in [4.78, 5) is 48.3. The quantitative estimate of drug-likeness (QED) is 0.606. The summed E-state index contributed by atoms with van der Waals surface area (Å²) in [6.07, 6.45) is 0.710. The first-order valence-electron chi connectivity index (χ1n) is 9.54. The lowest BCUT2D eigenvalue weighted by atomic mass is 10.1. The topological polar surface area (TPSA) is 114 Å². The molecule has 0 fully saturated rings. The Morgan fingerprint density at radius 1 is 1.03 bits per heavy atom. The van der Waals surface area contributed by atoms with Crippen LogP contribution in [0.2, 0.25) is 0 Å². The van der Waals surface area contributed by atoms with E-state index in [0.29, 0.717) is 12.0 Å². The Labute approximate surface area is 175 Å². The van der Waals surface area contributed by atoms with E-state index >= 15 is 0 Å². The number of carbonyl (C=O) groups excluding carboxylic acids is 4. The first kappa shape index (κ1) is 22.6. The molecular weight excluding hydrogens is 386 g/mol. The van der Waals surface area contributed by atoms with Crippen molar-refractivity contribution in [2.24, 2.45) is 0 Å². The molecule has 0 aromatic heterocycles. The van der Waals surface area contributed by atoms with Gasteiger partial charge in [0.15, 0.2) is 6.61 Å². The third-order valence-electron chi connectivity index (χ3n) is 4.25. The SMILES string of the molecule is CC[C@@H](C)NC(=O)NC(=O)COC(=O)c1ccccc1NC(=O)c1cccc(C)c1. The molecule has 8 heteroatoms. The van der Waals surface area contributed by atoms with Crippen LogP contribution in [0, 0.1) is 6.92 Å². The molecule has 0 radical (unpaired) electrons. The largest absolute Gasteiger partial charge is 0.452 e. The molecule has 4 amide bonds. The van der Waals surface area contributed by atoms with Crippen LogP contribution in [0.5, 0.6) is 0 Å². The van der Waals surface area contributed by atoms with E-state index < -0.39 is 24.5 Å². The number of hydrogen-bond acceptors (Lipinski definition) is 5. The van der Waals surface area contributed by atoms with Crippen LogP contribution in [0.4, 0.5) is 10.5 Å². The van der Waals surface area contributed by atoms with Crippen molar-refractivity contribution in [1.82, 2.24) is 10.6 Å². The summed E-state index contributed by atoms with van der Waals surface area (Å²) in [6.45, 7) is 4.93. The van der Waals surface area contributed by atoms with E-state index in [4.69, 9.17) is 4.74 Å². The molecule has 0 aliphatic rings. The summed E-state index contributed by atoms with van der Waals surface area (Å²) in [5.41, 5.74) is 1.72. The van der Waals surface area contributed by atoms with Crippen molar-refractivity contribution < 1.29 is 23.9 Å². The Bertz CT molecular complexity index is 942. The van der Waals surface area contributed by atoms with Gasteiger partial charge in [0.05, 0.1) is 11.3 Å². The van der Waals surface area contributed by atoms with Crippen LogP contribution in [0.15, 0.2) is 48.5 Å². The molecule has 0 spiro atoms. The summed E-state index contributed by atoms with van der Waals surface area (Å²) in [7, 11) is 0. The van der Waals surface area contributed by atoms with Crippen molar-refractivity contribution in [2.45, 2.75) is 33.2 Å². The zero-order chi connectivity index (χ0) is 22.1.